The topological polar surface area (TPSA) is 41.1 Å². The summed E-state index contributed by atoms with van der Waals surface area (Å²) in [6.07, 6.45) is 1.04. The average molecular weight is 340 g/mol. The summed E-state index contributed by atoms with van der Waals surface area (Å²) in [5, 5.41) is 6.22. The number of amides is 1. The molecule has 0 aliphatic rings. The van der Waals surface area contributed by atoms with E-state index in [2.05, 4.69) is 30.5 Å². The summed E-state index contributed by atoms with van der Waals surface area (Å²) >= 11 is 5.31. The number of nitrogens with one attached hydrogen (secondary N) is 2. The van der Waals surface area contributed by atoms with Crippen LogP contribution in [0.5, 0.6) is 0 Å². The minimum absolute atomic E-state index is 0.198. The molecule has 0 spiro atoms. The maximum atomic E-state index is 12.3. The van der Waals surface area contributed by atoms with E-state index >= 15 is 0 Å². The molecular formula is C20H24N2OS. The summed E-state index contributed by atoms with van der Waals surface area (Å²) in [5.41, 5.74) is 5.00. The lowest BCUT2D eigenvalue weighted by atomic mass is 9.97. The fraction of sp³-hybridized carbons (Fsp3) is 0.300. The number of benzene rings is 2. The van der Waals surface area contributed by atoms with Crippen molar-refractivity contribution < 1.29 is 4.79 Å². The van der Waals surface area contributed by atoms with E-state index in [4.69, 9.17) is 12.2 Å². The van der Waals surface area contributed by atoms with E-state index in [0.717, 1.165) is 23.2 Å². The highest BCUT2D eigenvalue weighted by Gasteiger charge is 2.12. The monoisotopic (exact) mass is 340 g/mol. The number of hydrogen-bond donors (Lipinski definition) is 2. The normalized spacial score (nSPS) is 11.7. The Bertz CT molecular complexity index is 755. The molecule has 0 aliphatic heterocycles. The zero-order valence-corrected chi connectivity index (χ0v) is 15.5. The second-order valence-electron chi connectivity index (χ2n) is 6.10. The summed E-state index contributed by atoms with van der Waals surface area (Å²) in [5.74, 6) is 0.226. The van der Waals surface area contributed by atoms with E-state index < -0.39 is 0 Å². The van der Waals surface area contributed by atoms with E-state index in [1.165, 1.54) is 5.56 Å². The molecule has 1 amide bonds. The molecule has 3 nitrogen and oxygen atoms in total. The van der Waals surface area contributed by atoms with Crippen LogP contribution in [0.15, 0.2) is 42.5 Å². The van der Waals surface area contributed by atoms with Gasteiger partial charge in [-0.3, -0.25) is 10.1 Å². The van der Waals surface area contributed by atoms with Gasteiger partial charge in [0.15, 0.2) is 5.11 Å². The molecule has 0 unspecified atom stereocenters. The minimum Gasteiger partial charge on any atom is -0.332 e. The third kappa shape index (κ3) is 4.42. The fourth-order valence-corrected chi connectivity index (χ4v) is 2.67. The van der Waals surface area contributed by atoms with Crippen LogP contribution >= 0.6 is 12.2 Å². The summed E-state index contributed by atoms with van der Waals surface area (Å²) in [6.45, 7) is 8.35. The van der Waals surface area contributed by atoms with Crippen molar-refractivity contribution in [2.45, 2.75) is 40.0 Å². The first-order chi connectivity index (χ1) is 11.4. The zero-order valence-electron chi connectivity index (χ0n) is 14.6. The molecule has 126 valence electrons. The highest BCUT2D eigenvalue weighted by atomic mass is 32.1. The number of rotatable bonds is 4. The molecule has 1 atom stereocenters. The molecule has 0 aliphatic carbocycles. The van der Waals surface area contributed by atoms with Crippen molar-refractivity contribution in [3.05, 3.63) is 64.7 Å². The Morgan fingerprint density at radius 3 is 2.50 bits per heavy atom. The Kier molecular flexibility index (Phi) is 6.10. The van der Waals surface area contributed by atoms with E-state index in [0.29, 0.717) is 16.6 Å². The van der Waals surface area contributed by atoms with Gasteiger partial charge >= 0.3 is 0 Å². The van der Waals surface area contributed by atoms with Crippen LogP contribution in [0.25, 0.3) is 0 Å². The van der Waals surface area contributed by atoms with Gasteiger partial charge in [-0.05, 0) is 73.3 Å². The highest BCUT2D eigenvalue weighted by Crippen LogP contribution is 2.26. The molecule has 2 rings (SSSR count). The summed E-state index contributed by atoms with van der Waals surface area (Å²) in [4.78, 5) is 12.3. The van der Waals surface area contributed by atoms with Crippen molar-refractivity contribution in [2.75, 3.05) is 5.32 Å². The number of para-hydroxylation sites is 1. The van der Waals surface area contributed by atoms with Crippen LogP contribution < -0.4 is 10.6 Å². The zero-order chi connectivity index (χ0) is 17.7. The first kappa shape index (κ1) is 18.1. The molecule has 0 bridgehead atoms. The summed E-state index contributed by atoms with van der Waals surface area (Å²) in [6, 6.07) is 13.7. The molecule has 0 radical (unpaired) electrons. The average Bonchev–Trinajstić information content (AvgIpc) is 2.57. The van der Waals surface area contributed by atoms with Crippen molar-refractivity contribution in [2.24, 2.45) is 0 Å². The van der Waals surface area contributed by atoms with Crippen LogP contribution in [0.1, 0.15) is 53.2 Å². The predicted molar refractivity (Wildman–Crippen MR) is 105 cm³/mol. The van der Waals surface area contributed by atoms with Crippen molar-refractivity contribution >= 4 is 28.9 Å². The molecule has 4 heteroatoms. The van der Waals surface area contributed by atoms with Crippen molar-refractivity contribution in [3.8, 4) is 0 Å². The Balaban J connectivity index is 2.08. The minimum atomic E-state index is -0.198. The van der Waals surface area contributed by atoms with Crippen LogP contribution in [-0.2, 0) is 0 Å². The Morgan fingerprint density at radius 2 is 1.83 bits per heavy atom. The number of carbonyl (C=O) groups excluding carboxylic acids is 1. The van der Waals surface area contributed by atoms with Gasteiger partial charge in [0.1, 0.15) is 0 Å². The summed E-state index contributed by atoms with van der Waals surface area (Å²) in [7, 11) is 0. The van der Waals surface area contributed by atoms with Gasteiger partial charge in [-0.2, -0.15) is 0 Å². The van der Waals surface area contributed by atoms with Crippen molar-refractivity contribution in [1.82, 2.24) is 5.32 Å². The maximum absolute atomic E-state index is 12.3. The largest absolute Gasteiger partial charge is 0.332 e. The highest BCUT2D eigenvalue weighted by molar-refractivity contribution is 7.80. The van der Waals surface area contributed by atoms with Crippen molar-refractivity contribution in [1.29, 1.82) is 0 Å². The Hall–Kier alpha value is -2.20. The smallest absolute Gasteiger partial charge is 0.257 e. The maximum Gasteiger partial charge on any atom is 0.257 e. The van der Waals surface area contributed by atoms with Crippen LogP contribution in [0.2, 0.25) is 0 Å². The molecular weight excluding hydrogens is 316 g/mol. The first-order valence-electron chi connectivity index (χ1n) is 8.21. The lowest BCUT2D eigenvalue weighted by Crippen LogP contribution is -2.34. The molecule has 0 saturated carbocycles. The Morgan fingerprint density at radius 1 is 1.12 bits per heavy atom. The Labute approximate surface area is 149 Å². The van der Waals surface area contributed by atoms with Gasteiger partial charge in [0, 0.05) is 11.3 Å². The number of hydrogen-bond acceptors (Lipinski definition) is 2. The van der Waals surface area contributed by atoms with E-state index in [-0.39, 0.29) is 5.91 Å². The van der Waals surface area contributed by atoms with Crippen LogP contribution in [0, 0.1) is 13.8 Å². The second kappa shape index (κ2) is 8.06. The summed E-state index contributed by atoms with van der Waals surface area (Å²) < 4.78 is 0. The first-order valence-corrected chi connectivity index (χ1v) is 8.61. The van der Waals surface area contributed by atoms with Crippen molar-refractivity contribution in [3.63, 3.8) is 0 Å². The van der Waals surface area contributed by atoms with Gasteiger partial charge in [0.2, 0.25) is 0 Å². The SMILES string of the molecule is CC[C@H](C)c1ccccc1NC(=S)NC(=O)c1ccc(C)c(C)c1. The van der Waals surface area contributed by atoms with Gasteiger partial charge in [-0.15, -0.1) is 0 Å². The lowest BCUT2D eigenvalue weighted by Gasteiger charge is -2.17. The molecule has 2 aromatic carbocycles. The molecule has 2 N–H and O–H groups in total. The quantitative estimate of drug-likeness (QED) is 0.774. The van der Waals surface area contributed by atoms with Gasteiger partial charge in [-0.1, -0.05) is 38.1 Å². The van der Waals surface area contributed by atoms with Crippen LogP contribution in [-0.4, -0.2) is 11.0 Å². The molecule has 0 heterocycles. The number of aryl methyl sites for hydroxylation is 2. The van der Waals surface area contributed by atoms with E-state index in [1.54, 1.807) is 0 Å². The molecule has 0 aromatic heterocycles. The molecule has 0 saturated heterocycles. The van der Waals surface area contributed by atoms with E-state index in [1.807, 2.05) is 50.2 Å². The number of carbonyl (C=O) groups is 1. The van der Waals surface area contributed by atoms with Crippen LogP contribution in [0.4, 0.5) is 5.69 Å². The molecule has 24 heavy (non-hydrogen) atoms. The molecule has 2 aromatic rings. The number of anilines is 1. The third-order valence-electron chi connectivity index (χ3n) is 4.35. The predicted octanol–water partition coefficient (Wildman–Crippen LogP) is 4.94. The fourth-order valence-electron chi connectivity index (χ4n) is 2.47. The van der Waals surface area contributed by atoms with Gasteiger partial charge in [0.25, 0.3) is 5.91 Å². The molecule has 0 fully saturated rings. The third-order valence-corrected chi connectivity index (χ3v) is 4.55. The van der Waals surface area contributed by atoms with Gasteiger partial charge in [-0.25, -0.2) is 0 Å². The van der Waals surface area contributed by atoms with Gasteiger partial charge in [0.05, 0.1) is 0 Å². The lowest BCUT2D eigenvalue weighted by molar-refractivity contribution is 0.0977. The van der Waals surface area contributed by atoms with Gasteiger partial charge < -0.3 is 5.32 Å². The van der Waals surface area contributed by atoms with E-state index in [9.17, 15) is 4.79 Å². The number of thiocarbonyl (C=S) groups is 1. The van der Waals surface area contributed by atoms with Crippen LogP contribution in [0.3, 0.4) is 0 Å². The standard InChI is InChI=1S/C20H24N2OS/c1-5-13(2)17-8-6-7-9-18(17)21-20(24)22-19(23)16-11-10-14(3)15(4)12-16/h6-13H,5H2,1-4H3,(H2,21,22,23,24)/t13-/m0/s1. The second-order valence-corrected chi connectivity index (χ2v) is 6.51.